The molecule has 1 aromatic rings. The quantitative estimate of drug-likeness (QED) is 0.823. The minimum absolute atomic E-state index is 0.595. The Bertz CT molecular complexity index is 421. The average molecular weight is 252 g/mol. The van der Waals surface area contributed by atoms with Crippen LogP contribution in [0, 0.1) is 0 Å². The van der Waals surface area contributed by atoms with Crippen LogP contribution in [-0.4, -0.2) is 38.8 Å². The van der Waals surface area contributed by atoms with Crippen molar-refractivity contribution in [2.75, 3.05) is 42.5 Å². The number of nitrogens with one attached hydrogen (secondary N) is 1. The van der Waals surface area contributed by atoms with Crippen LogP contribution in [0.5, 0.6) is 0 Å². The summed E-state index contributed by atoms with van der Waals surface area (Å²) in [5.74, 6) is 0. The molecule has 1 atom stereocenters. The van der Waals surface area contributed by atoms with Crippen LogP contribution in [0.1, 0.15) is 6.92 Å². The van der Waals surface area contributed by atoms with Crippen molar-refractivity contribution < 1.29 is 0 Å². The Balaban J connectivity index is 2.04. The topological polar surface area (TPSA) is 18.5 Å². The van der Waals surface area contributed by atoms with Gasteiger partial charge >= 0.3 is 0 Å². The molecule has 0 amide bonds. The van der Waals surface area contributed by atoms with Gasteiger partial charge in [-0.15, -0.1) is 0 Å². The second-order valence-electron chi connectivity index (χ2n) is 4.72. The standard InChI is InChI=1S/C13H18ClN3/c1-2-16-9-11-8-15-5-6-17(11)12-4-3-10(14)7-13(12)16/h3-4,7,11,15H,2,5-6,8-9H2,1H3. The Labute approximate surface area is 107 Å². The number of hydrogen-bond acceptors (Lipinski definition) is 3. The summed E-state index contributed by atoms with van der Waals surface area (Å²) in [5, 5.41) is 4.31. The summed E-state index contributed by atoms with van der Waals surface area (Å²) in [6.45, 7) is 7.59. The predicted molar refractivity (Wildman–Crippen MR) is 73.3 cm³/mol. The number of hydrogen-bond donors (Lipinski definition) is 1. The molecule has 0 aromatic heterocycles. The highest BCUT2D eigenvalue weighted by Crippen LogP contribution is 2.37. The van der Waals surface area contributed by atoms with Crippen molar-refractivity contribution >= 4 is 23.0 Å². The van der Waals surface area contributed by atoms with Gasteiger partial charge in [0.2, 0.25) is 0 Å². The first kappa shape index (κ1) is 11.2. The third-order valence-electron chi connectivity index (χ3n) is 3.75. The van der Waals surface area contributed by atoms with Crippen LogP contribution in [0.15, 0.2) is 18.2 Å². The van der Waals surface area contributed by atoms with Crippen molar-refractivity contribution in [3.05, 3.63) is 23.2 Å². The monoisotopic (exact) mass is 251 g/mol. The lowest BCUT2D eigenvalue weighted by Gasteiger charge is -2.47. The number of anilines is 2. The van der Waals surface area contributed by atoms with E-state index in [9.17, 15) is 0 Å². The second kappa shape index (κ2) is 4.39. The molecule has 0 bridgehead atoms. The van der Waals surface area contributed by atoms with Gasteiger partial charge in [-0.05, 0) is 25.1 Å². The number of likely N-dealkylation sites (N-methyl/N-ethyl adjacent to an activating group) is 1. The van der Waals surface area contributed by atoms with E-state index >= 15 is 0 Å². The molecule has 0 saturated carbocycles. The lowest BCUT2D eigenvalue weighted by atomic mass is 10.0. The summed E-state index contributed by atoms with van der Waals surface area (Å²) in [5.41, 5.74) is 2.63. The number of rotatable bonds is 1. The van der Waals surface area contributed by atoms with Crippen molar-refractivity contribution in [2.45, 2.75) is 13.0 Å². The molecular weight excluding hydrogens is 234 g/mol. The number of halogens is 1. The van der Waals surface area contributed by atoms with Gasteiger partial charge in [-0.3, -0.25) is 0 Å². The molecule has 1 N–H and O–H groups in total. The third-order valence-corrected chi connectivity index (χ3v) is 3.99. The Kier molecular flexibility index (Phi) is 2.89. The zero-order chi connectivity index (χ0) is 11.8. The van der Waals surface area contributed by atoms with E-state index < -0.39 is 0 Å². The van der Waals surface area contributed by atoms with E-state index in [1.165, 1.54) is 11.4 Å². The van der Waals surface area contributed by atoms with Gasteiger partial charge in [0, 0.05) is 37.7 Å². The van der Waals surface area contributed by atoms with Crippen molar-refractivity contribution in [1.29, 1.82) is 0 Å². The Morgan fingerprint density at radius 1 is 1.41 bits per heavy atom. The van der Waals surface area contributed by atoms with Gasteiger partial charge in [0.25, 0.3) is 0 Å². The van der Waals surface area contributed by atoms with Crippen LogP contribution < -0.4 is 15.1 Å². The fraction of sp³-hybridized carbons (Fsp3) is 0.538. The van der Waals surface area contributed by atoms with Gasteiger partial charge in [0.1, 0.15) is 0 Å². The summed E-state index contributed by atoms with van der Waals surface area (Å²) in [6, 6.07) is 6.85. The Morgan fingerprint density at radius 2 is 2.29 bits per heavy atom. The van der Waals surface area contributed by atoms with Gasteiger partial charge in [0.15, 0.2) is 0 Å². The van der Waals surface area contributed by atoms with Gasteiger partial charge in [-0.25, -0.2) is 0 Å². The summed E-state index contributed by atoms with van der Waals surface area (Å²) in [7, 11) is 0. The van der Waals surface area contributed by atoms with Gasteiger partial charge < -0.3 is 15.1 Å². The molecule has 3 nitrogen and oxygen atoms in total. The van der Waals surface area contributed by atoms with Crippen LogP contribution in [-0.2, 0) is 0 Å². The highest BCUT2D eigenvalue weighted by atomic mass is 35.5. The van der Waals surface area contributed by atoms with E-state index in [1.807, 2.05) is 6.07 Å². The maximum absolute atomic E-state index is 6.12. The first-order chi connectivity index (χ1) is 8.29. The molecule has 2 heterocycles. The van der Waals surface area contributed by atoms with Crippen LogP contribution in [0.2, 0.25) is 5.02 Å². The molecule has 4 heteroatoms. The lowest BCUT2D eigenvalue weighted by molar-refractivity contribution is 0.461. The fourth-order valence-electron chi connectivity index (χ4n) is 2.89. The molecule has 17 heavy (non-hydrogen) atoms. The van der Waals surface area contributed by atoms with E-state index in [0.717, 1.165) is 37.7 Å². The molecule has 2 aliphatic heterocycles. The molecule has 1 unspecified atom stereocenters. The minimum atomic E-state index is 0.595. The third kappa shape index (κ3) is 1.87. The van der Waals surface area contributed by atoms with Crippen LogP contribution in [0.25, 0.3) is 0 Å². The summed E-state index contributed by atoms with van der Waals surface area (Å²) >= 11 is 6.12. The molecular formula is C13H18ClN3. The highest BCUT2D eigenvalue weighted by Gasteiger charge is 2.31. The zero-order valence-corrected chi connectivity index (χ0v) is 10.9. The molecule has 1 fully saturated rings. The summed E-state index contributed by atoms with van der Waals surface area (Å²) in [4.78, 5) is 4.95. The van der Waals surface area contributed by atoms with E-state index in [0.29, 0.717) is 6.04 Å². The van der Waals surface area contributed by atoms with Crippen molar-refractivity contribution in [3.8, 4) is 0 Å². The smallest absolute Gasteiger partial charge is 0.0619 e. The van der Waals surface area contributed by atoms with Crippen LogP contribution in [0.4, 0.5) is 11.4 Å². The van der Waals surface area contributed by atoms with Crippen LogP contribution in [0.3, 0.4) is 0 Å². The number of nitrogens with zero attached hydrogens (tertiary/aromatic N) is 2. The number of piperazine rings is 1. The Hall–Kier alpha value is -0.930. The normalized spacial score (nSPS) is 23.3. The summed E-state index contributed by atoms with van der Waals surface area (Å²) in [6.07, 6.45) is 0. The molecule has 92 valence electrons. The van der Waals surface area contributed by atoms with E-state index in [2.05, 4.69) is 34.2 Å². The van der Waals surface area contributed by atoms with Crippen molar-refractivity contribution in [3.63, 3.8) is 0 Å². The molecule has 1 saturated heterocycles. The van der Waals surface area contributed by atoms with Crippen LogP contribution >= 0.6 is 11.6 Å². The van der Waals surface area contributed by atoms with E-state index in [-0.39, 0.29) is 0 Å². The maximum atomic E-state index is 6.12. The molecule has 3 rings (SSSR count). The Morgan fingerprint density at radius 3 is 3.12 bits per heavy atom. The molecule has 0 spiro atoms. The zero-order valence-electron chi connectivity index (χ0n) is 10.1. The van der Waals surface area contributed by atoms with E-state index in [1.54, 1.807) is 0 Å². The average Bonchev–Trinajstić information content (AvgIpc) is 2.37. The van der Waals surface area contributed by atoms with Gasteiger partial charge in [0.05, 0.1) is 17.4 Å². The largest absolute Gasteiger partial charge is 0.368 e. The van der Waals surface area contributed by atoms with E-state index in [4.69, 9.17) is 11.6 Å². The minimum Gasteiger partial charge on any atom is -0.368 e. The lowest BCUT2D eigenvalue weighted by Crippen LogP contribution is -2.58. The predicted octanol–water partition coefficient (Wildman–Crippen LogP) is 1.96. The van der Waals surface area contributed by atoms with Crippen molar-refractivity contribution in [2.24, 2.45) is 0 Å². The fourth-order valence-corrected chi connectivity index (χ4v) is 3.05. The SMILES string of the molecule is CCN1CC2CNCCN2c2ccc(Cl)cc21. The second-order valence-corrected chi connectivity index (χ2v) is 5.16. The van der Waals surface area contributed by atoms with Gasteiger partial charge in [-0.1, -0.05) is 11.6 Å². The first-order valence-electron chi connectivity index (χ1n) is 6.31. The maximum Gasteiger partial charge on any atom is 0.0619 e. The molecule has 0 radical (unpaired) electrons. The number of benzene rings is 1. The number of fused-ring (bicyclic) bond motifs is 3. The molecule has 1 aromatic carbocycles. The highest BCUT2D eigenvalue weighted by molar-refractivity contribution is 6.31. The first-order valence-corrected chi connectivity index (χ1v) is 6.69. The van der Waals surface area contributed by atoms with Gasteiger partial charge in [-0.2, -0.15) is 0 Å². The summed E-state index contributed by atoms with van der Waals surface area (Å²) < 4.78 is 0. The molecule has 2 aliphatic rings. The molecule has 0 aliphatic carbocycles. The van der Waals surface area contributed by atoms with Crippen molar-refractivity contribution in [1.82, 2.24) is 5.32 Å².